The monoisotopic (exact) mass is 503 g/mol. The molecule has 4 rings (SSSR count). The molecule has 1 unspecified atom stereocenters. The van der Waals surface area contributed by atoms with E-state index in [0.717, 1.165) is 16.9 Å². The van der Waals surface area contributed by atoms with Crippen LogP contribution in [0.3, 0.4) is 0 Å². The first-order valence-electron chi connectivity index (χ1n) is 11.4. The Morgan fingerprint density at radius 3 is 2.44 bits per heavy atom. The number of fused-ring (bicyclic) bond motifs is 1. The Kier molecular flexibility index (Phi) is 7.40. The second-order valence-electron chi connectivity index (χ2n) is 8.36. The number of hydrogen-bond donors (Lipinski definition) is 1. The number of anilines is 1. The van der Waals surface area contributed by atoms with Crippen molar-refractivity contribution >= 4 is 44.9 Å². The van der Waals surface area contributed by atoms with E-state index < -0.39 is 17.6 Å². The summed E-state index contributed by atoms with van der Waals surface area (Å²) in [7, 11) is 0. The number of ketones is 1. The third-order valence-electron chi connectivity index (χ3n) is 5.81. The molecule has 0 radical (unpaired) electrons. The largest absolute Gasteiger partial charge is 0.461 e. The molecule has 0 aliphatic carbocycles. The lowest BCUT2D eigenvalue weighted by atomic mass is 10.0. The summed E-state index contributed by atoms with van der Waals surface area (Å²) in [5.74, 6) is -0.985. The molecule has 1 amide bonds. The molecule has 184 valence electrons. The van der Waals surface area contributed by atoms with Crippen molar-refractivity contribution in [2.75, 3.05) is 11.9 Å². The number of nitrogens with zero attached hydrogens (tertiary/aromatic N) is 2. The van der Waals surface area contributed by atoms with Crippen LogP contribution in [-0.2, 0) is 16.0 Å². The summed E-state index contributed by atoms with van der Waals surface area (Å²) in [6.07, 6.45) is 1.92. The van der Waals surface area contributed by atoms with Gasteiger partial charge in [-0.1, -0.05) is 30.3 Å². The number of ether oxygens (including phenoxy) is 1. The van der Waals surface area contributed by atoms with Gasteiger partial charge in [0.05, 0.1) is 24.4 Å². The summed E-state index contributed by atoms with van der Waals surface area (Å²) in [6, 6.07) is 15.3. The van der Waals surface area contributed by atoms with Crippen LogP contribution < -0.4 is 10.9 Å². The van der Waals surface area contributed by atoms with E-state index >= 15 is 0 Å². The normalized spacial score (nSPS) is 11.8. The van der Waals surface area contributed by atoms with Gasteiger partial charge in [-0.15, -0.1) is 11.3 Å². The highest BCUT2D eigenvalue weighted by Gasteiger charge is 2.24. The number of hydrogen-bond acceptors (Lipinski definition) is 7. The number of rotatable bonds is 8. The minimum absolute atomic E-state index is 0.209. The average Bonchev–Trinajstić information content (AvgIpc) is 3.21. The summed E-state index contributed by atoms with van der Waals surface area (Å²) in [5.41, 5.74) is 2.13. The van der Waals surface area contributed by atoms with Gasteiger partial charge in [-0.2, -0.15) is 0 Å². The Labute approximate surface area is 211 Å². The zero-order valence-corrected chi connectivity index (χ0v) is 20.9. The Hall–Kier alpha value is -4.11. The second kappa shape index (κ2) is 10.7. The molecule has 8 nitrogen and oxygen atoms in total. The molecule has 4 aromatic rings. The maximum absolute atomic E-state index is 13.3. The molecule has 0 bridgehead atoms. The van der Waals surface area contributed by atoms with E-state index in [4.69, 9.17) is 4.74 Å². The minimum Gasteiger partial charge on any atom is -0.461 e. The van der Waals surface area contributed by atoms with E-state index in [9.17, 15) is 19.2 Å². The number of carbonyl (C=O) groups is 3. The zero-order valence-electron chi connectivity index (χ0n) is 20.1. The first kappa shape index (κ1) is 25.0. The van der Waals surface area contributed by atoms with E-state index in [0.29, 0.717) is 38.3 Å². The van der Waals surface area contributed by atoms with Crippen molar-refractivity contribution in [2.45, 2.75) is 33.2 Å². The van der Waals surface area contributed by atoms with Gasteiger partial charge in [0.25, 0.3) is 5.56 Å². The third-order valence-corrected chi connectivity index (χ3v) is 6.99. The lowest BCUT2D eigenvalue weighted by molar-refractivity contribution is -0.114. The lowest BCUT2D eigenvalue weighted by Crippen LogP contribution is -2.28. The Morgan fingerprint density at radius 2 is 1.78 bits per heavy atom. The fraction of sp³-hybridized carbons (Fsp3) is 0.222. The highest BCUT2D eigenvalue weighted by molar-refractivity contribution is 7.20. The van der Waals surface area contributed by atoms with Crippen molar-refractivity contribution in [3.05, 3.63) is 92.8 Å². The van der Waals surface area contributed by atoms with Crippen LogP contribution in [0.15, 0.2) is 65.7 Å². The number of aromatic nitrogens is 2. The molecule has 1 atom stereocenters. The number of nitrogens with one attached hydrogen (secondary N) is 1. The Balaban J connectivity index is 1.53. The summed E-state index contributed by atoms with van der Waals surface area (Å²) >= 11 is 1.11. The van der Waals surface area contributed by atoms with Crippen molar-refractivity contribution in [1.29, 1.82) is 0 Å². The average molecular weight is 504 g/mol. The fourth-order valence-electron chi connectivity index (χ4n) is 3.87. The van der Waals surface area contributed by atoms with Gasteiger partial charge in [0, 0.05) is 24.6 Å². The topological polar surface area (TPSA) is 107 Å². The lowest BCUT2D eigenvalue weighted by Gasteiger charge is -2.14. The van der Waals surface area contributed by atoms with Gasteiger partial charge in [-0.3, -0.25) is 19.0 Å². The Bertz CT molecular complexity index is 1490. The van der Waals surface area contributed by atoms with Crippen LogP contribution in [0.4, 0.5) is 5.69 Å². The first-order valence-corrected chi connectivity index (χ1v) is 12.2. The summed E-state index contributed by atoms with van der Waals surface area (Å²) in [4.78, 5) is 55.4. The van der Waals surface area contributed by atoms with Gasteiger partial charge in [0.2, 0.25) is 5.91 Å². The standard InChI is InChI=1S/C27H25N3O5S/c1-16-22-25(36-24(16)27(34)35-14-13-19-7-5-4-6-8-19)28-15-30(26(22)33)17(2)23(32)20-9-11-21(12-10-20)29-18(3)31/h4-12,15,17H,13-14H2,1-3H3,(H,29,31). The van der Waals surface area contributed by atoms with Crippen molar-refractivity contribution in [2.24, 2.45) is 0 Å². The quantitative estimate of drug-likeness (QED) is 0.279. The predicted octanol–water partition coefficient (Wildman–Crippen LogP) is 4.57. The number of aryl methyl sites for hydroxylation is 1. The van der Waals surface area contributed by atoms with Crippen LogP contribution in [0.25, 0.3) is 10.2 Å². The molecular weight excluding hydrogens is 478 g/mol. The van der Waals surface area contributed by atoms with Crippen LogP contribution >= 0.6 is 11.3 Å². The Morgan fingerprint density at radius 1 is 1.08 bits per heavy atom. The third kappa shape index (κ3) is 5.26. The molecule has 0 aliphatic heterocycles. The van der Waals surface area contributed by atoms with Crippen LogP contribution in [0, 0.1) is 6.92 Å². The highest BCUT2D eigenvalue weighted by Crippen LogP contribution is 2.28. The number of amides is 1. The van der Waals surface area contributed by atoms with E-state index in [-0.39, 0.29) is 18.3 Å². The number of carbonyl (C=O) groups excluding carboxylic acids is 3. The SMILES string of the molecule is CC(=O)Nc1ccc(C(=O)C(C)n2cnc3sc(C(=O)OCCc4ccccc4)c(C)c3c2=O)cc1. The van der Waals surface area contributed by atoms with Gasteiger partial charge in [0.15, 0.2) is 5.78 Å². The molecule has 0 aliphatic rings. The molecule has 2 heterocycles. The van der Waals surface area contributed by atoms with E-state index in [1.54, 1.807) is 38.1 Å². The van der Waals surface area contributed by atoms with E-state index in [1.165, 1.54) is 17.8 Å². The van der Waals surface area contributed by atoms with Gasteiger partial charge < -0.3 is 10.1 Å². The van der Waals surface area contributed by atoms with Crippen LogP contribution in [0.5, 0.6) is 0 Å². The number of thiophene rings is 1. The van der Waals surface area contributed by atoms with Gasteiger partial charge in [-0.05, 0) is 49.2 Å². The number of Topliss-reactive ketones (excluding diaryl/α,β-unsaturated/α-hetero) is 1. The van der Waals surface area contributed by atoms with Crippen molar-refractivity contribution in [1.82, 2.24) is 9.55 Å². The molecule has 2 aromatic carbocycles. The van der Waals surface area contributed by atoms with E-state index in [2.05, 4.69) is 10.3 Å². The molecular formula is C27H25N3O5S. The fourth-order valence-corrected chi connectivity index (χ4v) is 4.90. The molecule has 36 heavy (non-hydrogen) atoms. The number of esters is 1. The molecule has 2 aromatic heterocycles. The molecule has 0 saturated heterocycles. The molecule has 0 spiro atoms. The molecule has 0 saturated carbocycles. The molecule has 1 N–H and O–H groups in total. The first-order chi connectivity index (χ1) is 17.3. The van der Waals surface area contributed by atoms with Crippen molar-refractivity contribution < 1.29 is 19.1 Å². The van der Waals surface area contributed by atoms with Gasteiger partial charge in [-0.25, -0.2) is 9.78 Å². The smallest absolute Gasteiger partial charge is 0.348 e. The summed E-state index contributed by atoms with van der Waals surface area (Å²) in [6.45, 7) is 4.94. The van der Waals surface area contributed by atoms with Gasteiger partial charge in [0.1, 0.15) is 9.71 Å². The highest BCUT2D eigenvalue weighted by atomic mass is 32.1. The maximum Gasteiger partial charge on any atom is 0.348 e. The van der Waals surface area contributed by atoms with E-state index in [1.807, 2.05) is 30.3 Å². The van der Waals surface area contributed by atoms with Crippen molar-refractivity contribution in [3.63, 3.8) is 0 Å². The summed E-state index contributed by atoms with van der Waals surface area (Å²) < 4.78 is 6.72. The summed E-state index contributed by atoms with van der Waals surface area (Å²) in [5, 5.41) is 2.95. The molecule has 9 heteroatoms. The second-order valence-corrected chi connectivity index (χ2v) is 9.36. The predicted molar refractivity (Wildman–Crippen MR) is 139 cm³/mol. The van der Waals surface area contributed by atoms with Gasteiger partial charge >= 0.3 is 5.97 Å². The van der Waals surface area contributed by atoms with Crippen molar-refractivity contribution in [3.8, 4) is 0 Å². The minimum atomic E-state index is -0.818. The zero-order chi connectivity index (χ0) is 25.8. The number of benzene rings is 2. The maximum atomic E-state index is 13.3. The van der Waals surface area contributed by atoms with Crippen LogP contribution in [0.1, 0.15) is 51.0 Å². The molecule has 0 fully saturated rings. The van der Waals surface area contributed by atoms with Crippen LogP contribution in [-0.4, -0.2) is 33.8 Å². The van der Waals surface area contributed by atoms with Crippen LogP contribution in [0.2, 0.25) is 0 Å².